The molecular formula is C17H27N. The summed E-state index contributed by atoms with van der Waals surface area (Å²) in [7, 11) is 0. The van der Waals surface area contributed by atoms with Crippen LogP contribution in [-0.4, -0.2) is 12.6 Å². The van der Waals surface area contributed by atoms with Crippen molar-refractivity contribution in [1.82, 2.24) is 5.32 Å². The molecule has 100 valence electrons. The SMILES string of the molecule is CC.CC1(C)[C@H]2Cc3ccccc3[C@]1(C)CCN2. The molecule has 0 radical (unpaired) electrons. The highest BCUT2D eigenvalue weighted by atomic mass is 15.0. The van der Waals surface area contributed by atoms with Gasteiger partial charge in [-0.1, -0.05) is 58.9 Å². The predicted molar refractivity (Wildman–Crippen MR) is 79.0 cm³/mol. The fourth-order valence-electron chi connectivity index (χ4n) is 3.72. The van der Waals surface area contributed by atoms with Crippen molar-refractivity contribution in [3.8, 4) is 0 Å². The maximum absolute atomic E-state index is 3.71. The van der Waals surface area contributed by atoms with E-state index >= 15 is 0 Å². The maximum Gasteiger partial charge on any atom is 0.0167 e. The first-order valence-corrected chi connectivity index (χ1v) is 7.37. The first-order chi connectivity index (χ1) is 8.56. The number of benzene rings is 1. The lowest BCUT2D eigenvalue weighted by molar-refractivity contribution is 0.0559. The Morgan fingerprint density at radius 1 is 1.11 bits per heavy atom. The number of fused-ring (bicyclic) bond motifs is 4. The van der Waals surface area contributed by atoms with Crippen LogP contribution in [0, 0.1) is 5.41 Å². The van der Waals surface area contributed by atoms with Crippen LogP contribution in [-0.2, 0) is 11.8 Å². The van der Waals surface area contributed by atoms with Crippen LogP contribution >= 0.6 is 0 Å². The van der Waals surface area contributed by atoms with Crippen molar-refractivity contribution in [2.45, 2.75) is 58.9 Å². The highest BCUT2D eigenvalue weighted by molar-refractivity contribution is 5.41. The second-order valence-electron chi connectivity index (χ2n) is 6.17. The molecule has 1 nitrogen and oxygen atoms in total. The molecule has 0 spiro atoms. The molecular weight excluding hydrogens is 218 g/mol. The third-order valence-corrected chi connectivity index (χ3v) is 5.34. The van der Waals surface area contributed by atoms with Gasteiger partial charge in [0.15, 0.2) is 0 Å². The number of hydrogen-bond donors (Lipinski definition) is 1. The molecule has 1 heteroatoms. The first kappa shape index (κ1) is 13.6. The third kappa shape index (κ3) is 1.72. The van der Waals surface area contributed by atoms with Gasteiger partial charge in [0.1, 0.15) is 0 Å². The smallest absolute Gasteiger partial charge is 0.0167 e. The molecule has 1 aliphatic heterocycles. The summed E-state index contributed by atoms with van der Waals surface area (Å²) in [6, 6.07) is 9.67. The first-order valence-electron chi connectivity index (χ1n) is 7.37. The Labute approximate surface area is 112 Å². The maximum atomic E-state index is 3.71. The summed E-state index contributed by atoms with van der Waals surface area (Å²) in [6.45, 7) is 12.5. The molecule has 1 N–H and O–H groups in total. The van der Waals surface area contributed by atoms with Gasteiger partial charge in [-0.15, -0.1) is 0 Å². The lowest BCUT2D eigenvalue weighted by atomic mass is 9.51. The van der Waals surface area contributed by atoms with Crippen molar-refractivity contribution < 1.29 is 0 Å². The van der Waals surface area contributed by atoms with E-state index in [1.165, 1.54) is 19.4 Å². The summed E-state index contributed by atoms with van der Waals surface area (Å²) in [6.07, 6.45) is 2.45. The third-order valence-electron chi connectivity index (χ3n) is 5.34. The zero-order chi connectivity index (χ0) is 13.4. The van der Waals surface area contributed by atoms with Crippen molar-refractivity contribution >= 4 is 0 Å². The van der Waals surface area contributed by atoms with E-state index < -0.39 is 0 Å². The Balaban J connectivity index is 0.000000574. The van der Waals surface area contributed by atoms with Crippen LogP contribution in [0.15, 0.2) is 24.3 Å². The Bertz CT molecular complexity index is 421. The van der Waals surface area contributed by atoms with Crippen molar-refractivity contribution in [2.24, 2.45) is 5.41 Å². The minimum Gasteiger partial charge on any atom is -0.313 e. The van der Waals surface area contributed by atoms with Gasteiger partial charge in [0, 0.05) is 11.5 Å². The summed E-state index contributed by atoms with van der Waals surface area (Å²) < 4.78 is 0. The molecule has 1 saturated heterocycles. The van der Waals surface area contributed by atoms with Gasteiger partial charge >= 0.3 is 0 Å². The molecule has 3 rings (SSSR count). The van der Waals surface area contributed by atoms with Gasteiger partial charge in [0.2, 0.25) is 0 Å². The number of rotatable bonds is 0. The van der Waals surface area contributed by atoms with E-state index in [-0.39, 0.29) is 0 Å². The molecule has 0 unspecified atom stereocenters. The summed E-state index contributed by atoms with van der Waals surface area (Å²) in [4.78, 5) is 0. The molecule has 2 bridgehead atoms. The Hall–Kier alpha value is -0.820. The van der Waals surface area contributed by atoms with Gasteiger partial charge in [-0.25, -0.2) is 0 Å². The van der Waals surface area contributed by atoms with Crippen LogP contribution in [0.5, 0.6) is 0 Å². The molecule has 2 atom stereocenters. The predicted octanol–water partition coefficient (Wildman–Crippen LogP) is 3.91. The van der Waals surface area contributed by atoms with Gasteiger partial charge in [-0.3, -0.25) is 0 Å². The summed E-state index contributed by atoms with van der Waals surface area (Å²) in [5.41, 5.74) is 3.86. The van der Waals surface area contributed by atoms with Gasteiger partial charge in [-0.05, 0) is 35.9 Å². The molecule has 0 aromatic heterocycles. The monoisotopic (exact) mass is 245 g/mol. The molecule has 1 fully saturated rings. The van der Waals surface area contributed by atoms with Crippen molar-refractivity contribution in [2.75, 3.05) is 6.54 Å². The van der Waals surface area contributed by atoms with E-state index in [4.69, 9.17) is 0 Å². The molecule has 0 amide bonds. The minimum absolute atomic E-state index is 0.345. The van der Waals surface area contributed by atoms with Gasteiger partial charge in [0.25, 0.3) is 0 Å². The van der Waals surface area contributed by atoms with Crippen LogP contribution in [0.3, 0.4) is 0 Å². The van der Waals surface area contributed by atoms with E-state index in [0.29, 0.717) is 16.9 Å². The summed E-state index contributed by atoms with van der Waals surface area (Å²) in [5, 5.41) is 3.71. The van der Waals surface area contributed by atoms with Crippen molar-refractivity contribution in [3.63, 3.8) is 0 Å². The van der Waals surface area contributed by atoms with Crippen molar-refractivity contribution in [3.05, 3.63) is 35.4 Å². The van der Waals surface area contributed by atoms with Crippen LogP contribution in [0.25, 0.3) is 0 Å². The highest BCUT2D eigenvalue weighted by Crippen LogP contribution is 2.53. The van der Waals surface area contributed by atoms with E-state index in [2.05, 4.69) is 50.4 Å². The zero-order valence-electron chi connectivity index (χ0n) is 12.5. The van der Waals surface area contributed by atoms with E-state index in [0.717, 1.165) is 0 Å². The molecule has 18 heavy (non-hydrogen) atoms. The van der Waals surface area contributed by atoms with Crippen LogP contribution in [0.1, 0.15) is 52.2 Å². The van der Waals surface area contributed by atoms with E-state index in [1.807, 2.05) is 13.8 Å². The fourth-order valence-corrected chi connectivity index (χ4v) is 3.72. The number of nitrogens with one attached hydrogen (secondary N) is 1. The highest BCUT2D eigenvalue weighted by Gasteiger charge is 2.52. The Morgan fingerprint density at radius 2 is 1.78 bits per heavy atom. The van der Waals surface area contributed by atoms with Crippen molar-refractivity contribution in [1.29, 1.82) is 0 Å². The Morgan fingerprint density at radius 3 is 2.50 bits per heavy atom. The quantitative estimate of drug-likeness (QED) is 0.730. The lowest BCUT2D eigenvalue weighted by Gasteiger charge is -2.57. The largest absolute Gasteiger partial charge is 0.313 e. The minimum atomic E-state index is 0.345. The van der Waals surface area contributed by atoms with Gasteiger partial charge in [0.05, 0.1) is 0 Å². The van der Waals surface area contributed by atoms with Gasteiger partial charge < -0.3 is 5.32 Å². The normalized spacial score (nSPS) is 31.9. The van der Waals surface area contributed by atoms with Gasteiger partial charge in [-0.2, -0.15) is 0 Å². The van der Waals surface area contributed by atoms with Crippen LogP contribution < -0.4 is 5.32 Å². The summed E-state index contributed by atoms with van der Waals surface area (Å²) in [5.74, 6) is 0. The van der Waals surface area contributed by atoms with E-state index in [9.17, 15) is 0 Å². The molecule has 0 saturated carbocycles. The molecule has 1 heterocycles. The van der Waals surface area contributed by atoms with Crippen LogP contribution in [0.2, 0.25) is 0 Å². The average Bonchev–Trinajstić information content (AvgIpc) is 2.36. The summed E-state index contributed by atoms with van der Waals surface area (Å²) >= 11 is 0. The van der Waals surface area contributed by atoms with Crippen LogP contribution in [0.4, 0.5) is 0 Å². The Kier molecular flexibility index (Phi) is 3.55. The lowest BCUT2D eigenvalue weighted by Crippen LogP contribution is -2.62. The number of hydrogen-bond acceptors (Lipinski definition) is 1. The standard InChI is InChI=1S/C15H21N.C2H6/c1-14(2)13-10-11-6-4-5-7-12(11)15(14,3)8-9-16-13;1-2/h4-7,13,16H,8-10H2,1-3H3;1-2H3/t13-,15+;/m1./s1. The topological polar surface area (TPSA) is 12.0 Å². The molecule has 1 aliphatic carbocycles. The van der Waals surface area contributed by atoms with E-state index in [1.54, 1.807) is 11.1 Å². The fraction of sp³-hybridized carbons (Fsp3) is 0.647. The second-order valence-corrected chi connectivity index (χ2v) is 6.17. The number of piperidine rings is 1. The second kappa shape index (κ2) is 4.70. The molecule has 1 aromatic carbocycles. The average molecular weight is 245 g/mol. The molecule has 2 aliphatic rings. The molecule has 1 aromatic rings. The zero-order valence-corrected chi connectivity index (χ0v) is 12.5.